The van der Waals surface area contributed by atoms with Crippen LogP contribution in [-0.4, -0.2) is 16.4 Å². The Balaban J connectivity index is 2.94. The smallest absolute Gasteiger partial charge is 0.257 e. The van der Waals surface area contributed by atoms with Gasteiger partial charge in [0, 0.05) is 18.5 Å². The molecular weight excluding hydrogens is 194 g/mol. The predicted octanol–water partition coefficient (Wildman–Crippen LogP) is 0.407. The second-order valence-corrected chi connectivity index (χ2v) is 3.61. The van der Waals surface area contributed by atoms with E-state index in [1.54, 1.807) is 13.8 Å². The van der Waals surface area contributed by atoms with Crippen LogP contribution in [0.5, 0.6) is 0 Å². The van der Waals surface area contributed by atoms with E-state index < -0.39 is 11.4 Å². The monoisotopic (exact) mass is 205 g/mol. The standard InChI is InChI=1S/C10H11N3O2/c1-10(2,6-11)13-9(15)7-5-12-4-3-8(7)14/h3-5H,1-2H3,(H,12,14)(H,13,15). The number of rotatable bonds is 2. The van der Waals surface area contributed by atoms with Gasteiger partial charge < -0.3 is 10.3 Å². The predicted molar refractivity (Wildman–Crippen MR) is 54.2 cm³/mol. The molecule has 1 aromatic rings. The molecule has 1 heterocycles. The van der Waals surface area contributed by atoms with Gasteiger partial charge in [0.2, 0.25) is 0 Å². The Hall–Kier alpha value is -2.09. The number of carbonyl (C=O) groups is 1. The van der Waals surface area contributed by atoms with Crippen molar-refractivity contribution in [1.82, 2.24) is 10.3 Å². The van der Waals surface area contributed by atoms with Crippen LogP contribution in [0.1, 0.15) is 24.2 Å². The van der Waals surface area contributed by atoms with E-state index in [0.717, 1.165) is 0 Å². The topological polar surface area (TPSA) is 85.8 Å². The summed E-state index contributed by atoms with van der Waals surface area (Å²) in [6, 6.07) is 3.18. The van der Waals surface area contributed by atoms with Crippen LogP contribution in [0.4, 0.5) is 0 Å². The minimum atomic E-state index is -0.987. The molecule has 1 amide bonds. The summed E-state index contributed by atoms with van der Waals surface area (Å²) in [5.74, 6) is -0.552. The highest BCUT2D eigenvalue weighted by Gasteiger charge is 2.21. The van der Waals surface area contributed by atoms with Gasteiger partial charge in [0.1, 0.15) is 11.1 Å². The lowest BCUT2D eigenvalue weighted by atomic mass is 10.1. The summed E-state index contributed by atoms with van der Waals surface area (Å²) in [5, 5.41) is 11.2. The number of nitrogens with zero attached hydrogens (tertiary/aromatic N) is 1. The van der Waals surface area contributed by atoms with Crippen molar-refractivity contribution < 1.29 is 4.79 Å². The number of hydrogen-bond acceptors (Lipinski definition) is 3. The van der Waals surface area contributed by atoms with Crippen molar-refractivity contribution in [2.24, 2.45) is 0 Å². The van der Waals surface area contributed by atoms with Crippen molar-refractivity contribution in [2.45, 2.75) is 19.4 Å². The second-order valence-electron chi connectivity index (χ2n) is 3.61. The van der Waals surface area contributed by atoms with Crippen molar-refractivity contribution in [3.63, 3.8) is 0 Å². The third-order valence-electron chi connectivity index (χ3n) is 1.77. The molecule has 0 unspecified atom stereocenters. The molecule has 1 aromatic heterocycles. The van der Waals surface area contributed by atoms with Crippen molar-refractivity contribution in [3.8, 4) is 6.07 Å². The second kappa shape index (κ2) is 3.96. The number of aromatic nitrogens is 1. The zero-order chi connectivity index (χ0) is 11.5. The van der Waals surface area contributed by atoms with Crippen LogP contribution in [0, 0.1) is 11.3 Å². The first-order valence-corrected chi connectivity index (χ1v) is 4.37. The van der Waals surface area contributed by atoms with Gasteiger partial charge in [-0.15, -0.1) is 0 Å². The maximum atomic E-state index is 11.6. The normalized spacial score (nSPS) is 10.5. The third-order valence-corrected chi connectivity index (χ3v) is 1.77. The summed E-state index contributed by atoms with van der Waals surface area (Å²) in [5.41, 5.74) is -1.36. The van der Waals surface area contributed by atoms with E-state index in [0.29, 0.717) is 0 Å². The number of amides is 1. The average Bonchev–Trinajstić information content (AvgIpc) is 2.17. The molecule has 5 nitrogen and oxygen atoms in total. The third kappa shape index (κ3) is 2.68. The SMILES string of the molecule is CC(C)(C#N)NC(=O)c1c[nH]ccc1=O. The van der Waals surface area contributed by atoms with E-state index >= 15 is 0 Å². The summed E-state index contributed by atoms with van der Waals surface area (Å²) in [7, 11) is 0. The minimum absolute atomic E-state index is 0.000764. The molecule has 0 radical (unpaired) electrons. The van der Waals surface area contributed by atoms with Gasteiger partial charge in [-0.2, -0.15) is 5.26 Å². The van der Waals surface area contributed by atoms with Crippen molar-refractivity contribution in [1.29, 1.82) is 5.26 Å². The van der Waals surface area contributed by atoms with Gasteiger partial charge in [-0.1, -0.05) is 0 Å². The van der Waals surface area contributed by atoms with E-state index in [1.165, 1.54) is 18.5 Å². The summed E-state index contributed by atoms with van der Waals surface area (Å²) in [6.07, 6.45) is 2.75. The zero-order valence-electron chi connectivity index (χ0n) is 8.50. The molecule has 15 heavy (non-hydrogen) atoms. The Bertz CT molecular complexity index is 468. The van der Waals surface area contributed by atoms with Crippen LogP contribution in [0.25, 0.3) is 0 Å². The Morgan fingerprint density at radius 2 is 2.27 bits per heavy atom. The molecule has 0 aromatic carbocycles. The van der Waals surface area contributed by atoms with Crippen molar-refractivity contribution in [2.75, 3.05) is 0 Å². The molecule has 0 bridgehead atoms. The van der Waals surface area contributed by atoms with E-state index in [9.17, 15) is 9.59 Å². The molecule has 0 saturated heterocycles. The van der Waals surface area contributed by atoms with Crippen LogP contribution in [0.2, 0.25) is 0 Å². The van der Waals surface area contributed by atoms with Gasteiger partial charge in [0.15, 0.2) is 5.43 Å². The number of carbonyl (C=O) groups excluding carboxylic acids is 1. The molecule has 5 heteroatoms. The van der Waals surface area contributed by atoms with Crippen LogP contribution in [0.3, 0.4) is 0 Å². The fourth-order valence-corrected chi connectivity index (χ4v) is 0.973. The summed E-state index contributed by atoms with van der Waals surface area (Å²) < 4.78 is 0. The lowest BCUT2D eigenvalue weighted by molar-refractivity contribution is 0.0928. The van der Waals surface area contributed by atoms with Gasteiger partial charge >= 0.3 is 0 Å². The Labute approximate surface area is 86.7 Å². The fourth-order valence-electron chi connectivity index (χ4n) is 0.973. The van der Waals surface area contributed by atoms with Crippen LogP contribution in [0.15, 0.2) is 23.3 Å². The first kappa shape index (κ1) is 11.0. The number of hydrogen-bond donors (Lipinski definition) is 2. The maximum Gasteiger partial charge on any atom is 0.257 e. The highest BCUT2D eigenvalue weighted by Crippen LogP contribution is 2.00. The molecule has 0 aliphatic rings. The molecule has 0 aliphatic heterocycles. The van der Waals surface area contributed by atoms with E-state index in [2.05, 4.69) is 10.3 Å². The number of pyridine rings is 1. The maximum absolute atomic E-state index is 11.6. The van der Waals surface area contributed by atoms with Crippen molar-refractivity contribution >= 4 is 5.91 Å². The molecule has 0 saturated carbocycles. The average molecular weight is 205 g/mol. The van der Waals surface area contributed by atoms with Crippen LogP contribution < -0.4 is 10.7 Å². The molecule has 1 rings (SSSR count). The summed E-state index contributed by atoms with van der Waals surface area (Å²) in [4.78, 5) is 25.5. The Kier molecular flexibility index (Phi) is 2.90. The zero-order valence-corrected chi connectivity index (χ0v) is 8.50. The molecule has 0 atom stereocenters. The highest BCUT2D eigenvalue weighted by atomic mass is 16.2. The molecule has 0 spiro atoms. The minimum Gasteiger partial charge on any atom is -0.367 e. The largest absolute Gasteiger partial charge is 0.367 e. The molecular formula is C10H11N3O2. The number of aromatic amines is 1. The van der Waals surface area contributed by atoms with Gasteiger partial charge in [0.25, 0.3) is 5.91 Å². The fraction of sp³-hybridized carbons (Fsp3) is 0.300. The summed E-state index contributed by atoms with van der Waals surface area (Å²) >= 11 is 0. The highest BCUT2D eigenvalue weighted by molar-refractivity contribution is 5.94. The number of H-pyrrole nitrogens is 1. The van der Waals surface area contributed by atoms with Gasteiger partial charge in [-0.05, 0) is 13.8 Å². The lowest BCUT2D eigenvalue weighted by Crippen LogP contribution is -2.43. The molecule has 78 valence electrons. The van der Waals surface area contributed by atoms with Crippen LogP contribution >= 0.6 is 0 Å². The number of nitriles is 1. The van der Waals surface area contributed by atoms with Crippen LogP contribution in [-0.2, 0) is 0 Å². The first-order chi connectivity index (χ1) is 6.96. The lowest BCUT2D eigenvalue weighted by Gasteiger charge is -2.16. The van der Waals surface area contributed by atoms with E-state index in [1.807, 2.05) is 6.07 Å². The van der Waals surface area contributed by atoms with E-state index in [-0.39, 0.29) is 11.0 Å². The van der Waals surface area contributed by atoms with Crippen molar-refractivity contribution in [3.05, 3.63) is 34.2 Å². The van der Waals surface area contributed by atoms with Gasteiger partial charge in [-0.25, -0.2) is 0 Å². The number of nitrogens with one attached hydrogen (secondary N) is 2. The first-order valence-electron chi connectivity index (χ1n) is 4.37. The Morgan fingerprint density at radius 1 is 1.60 bits per heavy atom. The van der Waals surface area contributed by atoms with Gasteiger partial charge in [0.05, 0.1) is 6.07 Å². The molecule has 0 fully saturated rings. The molecule has 0 aliphatic carbocycles. The Morgan fingerprint density at radius 3 is 2.80 bits per heavy atom. The van der Waals surface area contributed by atoms with E-state index in [4.69, 9.17) is 5.26 Å². The summed E-state index contributed by atoms with van der Waals surface area (Å²) in [6.45, 7) is 3.12. The quantitative estimate of drug-likeness (QED) is 0.733. The van der Waals surface area contributed by atoms with Gasteiger partial charge in [-0.3, -0.25) is 9.59 Å². The molecule has 2 N–H and O–H groups in total.